The number of aryl methyl sites for hydroxylation is 1. The quantitative estimate of drug-likeness (QED) is 0.352. The van der Waals surface area contributed by atoms with Gasteiger partial charge in [0.1, 0.15) is 22.6 Å². The lowest BCUT2D eigenvalue weighted by atomic mass is 10.0. The summed E-state index contributed by atoms with van der Waals surface area (Å²) in [4.78, 5) is 25.1. The molecule has 30 heavy (non-hydrogen) atoms. The average molecular weight is 453 g/mol. The maximum Gasteiger partial charge on any atom is 0.316 e. The van der Waals surface area contributed by atoms with Crippen LogP contribution in [0.4, 0.5) is 4.39 Å². The first-order valence-corrected chi connectivity index (χ1v) is 10.7. The van der Waals surface area contributed by atoms with Crippen molar-refractivity contribution in [2.45, 2.75) is 19.4 Å². The number of hydrogen-bond donors (Lipinski definition) is 3. The molecule has 1 atom stereocenters. The van der Waals surface area contributed by atoms with E-state index < -0.39 is 20.0 Å². The van der Waals surface area contributed by atoms with E-state index in [-0.39, 0.29) is 35.4 Å². The van der Waals surface area contributed by atoms with Gasteiger partial charge in [-0.15, -0.1) is 0 Å². The molecule has 3 rings (SSSR count). The summed E-state index contributed by atoms with van der Waals surface area (Å²) in [6.07, 6.45) is 1.87. The molecule has 1 aromatic heterocycles. The van der Waals surface area contributed by atoms with Crippen molar-refractivity contribution >= 4 is 36.7 Å². The van der Waals surface area contributed by atoms with Crippen molar-refractivity contribution in [1.29, 1.82) is 0 Å². The van der Waals surface area contributed by atoms with Gasteiger partial charge in [0, 0.05) is 23.2 Å². The van der Waals surface area contributed by atoms with Crippen LogP contribution in [-0.4, -0.2) is 27.5 Å². The van der Waals surface area contributed by atoms with E-state index in [4.69, 9.17) is 16.5 Å². The Morgan fingerprint density at radius 1 is 1.23 bits per heavy atom. The lowest BCUT2D eigenvalue weighted by molar-refractivity contribution is 0.0948. The van der Waals surface area contributed by atoms with Crippen LogP contribution in [0.1, 0.15) is 27.9 Å². The Hall–Kier alpha value is -2.51. The summed E-state index contributed by atoms with van der Waals surface area (Å²) in [7, 11) is -3.00. The smallest absolute Gasteiger partial charge is 0.316 e. The van der Waals surface area contributed by atoms with Crippen LogP contribution in [0.5, 0.6) is 5.75 Å². The maximum atomic E-state index is 14.4. The third-order valence-corrected chi connectivity index (χ3v) is 5.11. The number of benzene rings is 2. The monoisotopic (exact) mass is 452 g/mol. The van der Waals surface area contributed by atoms with Gasteiger partial charge in [0.25, 0.3) is 5.91 Å². The van der Waals surface area contributed by atoms with E-state index in [1.165, 1.54) is 6.07 Å². The van der Waals surface area contributed by atoms with E-state index in [1.54, 1.807) is 30.3 Å². The second-order valence-electron chi connectivity index (χ2n) is 6.52. The number of fused-ring (bicyclic) bond motifs is 1. The van der Waals surface area contributed by atoms with Crippen molar-refractivity contribution in [2.75, 3.05) is 6.61 Å². The highest BCUT2D eigenvalue weighted by Crippen LogP contribution is 2.30. The van der Waals surface area contributed by atoms with Crippen molar-refractivity contribution in [2.24, 2.45) is 0 Å². The Balaban J connectivity index is 1.78. The average Bonchev–Trinajstić information content (AvgIpc) is 2.71. The van der Waals surface area contributed by atoms with Gasteiger partial charge < -0.3 is 19.8 Å². The molecule has 3 aromatic rings. The molecule has 0 aliphatic rings. The molecule has 1 amide bonds. The molecular weight excluding hydrogens is 434 g/mol. The zero-order valence-electron chi connectivity index (χ0n) is 15.7. The van der Waals surface area contributed by atoms with Gasteiger partial charge in [-0.05, 0) is 48.2 Å². The molecule has 0 spiro atoms. The number of carbonyl (C=O) groups is 1. The molecule has 7 nitrogen and oxygen atoms in total. The molecule has 0 fully saturated rings. The van der Waals surface area contributed by atoms with Gasteiger partial charge in [-0.1, -0.05) is 23.7 Å². The second kappa shape index (κ2) is 10.00. The Morgan fingerprint density at radius 3 is 2.67 bits per heavy atom. The summed E-state index contributed by atoms with van der Waals surface area (Å²) >= 11 is 5.84. The number of pyridine rings is 1. The molecule has 0 aliphatic heterocycles. The predicted octanol–water partition coefficient (Wildman–Crippen LogP) is 3.99. The molecule has 1 heterocycles. The van der Waals surface area contributed by atoms with Gasteiger partial charge in [0.15, 0.2) is 0 Å². The van der Waals surface area contributed by atoms with Crippen LogP contribution < -0.4 is 5.32 Å². The summed E-state index contributed by atoms with van der Waals surface area (Å²) in [5.74, 6) is -1.56. The lowest BCUT2D eigenvalue weighted by Gasteiger charge is -2.11. The molecule has 158 valence electrons. The topological polar surface area (TPSA) is 109 Å². The SMILES string of the molecule is O=C(NCc1ccc(Cl)cc1)c1cnc2c(F)cc(CCCO[PH](=O)O)cc2c1O. The number of hydrogen-bond acceptors (Lipinski definition) is 5. The molecule has 1 unspecified atom stereocenters. The van der Waals surface area contributed by atoms with Crippen LogP contribution in [0.2, 0.25) is 5.02 Å². The van der Waals surface area contributed by atoms with Gasteiger partial charge in [-0.25, -0.2) is 4.39 Å². The van der Waals surface area contributed by atoms with Crippen molar-refractivity contribution in [3.63, 3.8) is 0 Å². The minimum atomic E-state index is -3.00. The zero-order valence-corrected chi connectivity index (χ0v) is 17.4. The van der Waals surface area contributed by atoms with E-state index in [1.807, 2.05) is 0 Å². The fraction of sp³-hybridized carbons (Fsp3) is 0.200. The first-order valence-electron chi connectivity index (χ1n) is 9.03. The van der Waals surface area contributed by atoms with Gasteiger partial charge in [-0.2, -0.15) is 0 Å². The summed E-state index contributed by atoms with van der Waals surface area (Å²) in [5.41, 5.74) is 1.23. The molecule has 2 aromatic carbocycles. The van der Waals surface area contributed by atoms with Gasteiger partial charge >= 0.3 is 8.25 Å². The molecule has 3 N–H and O–H groups in total. The molecule has 0 radical (unpaired) electrons. The van der Waals surface area contributed by atoms with Crippen molar-refractivity contribution in [1.82, 2.24) is 10.3 Å². The van der Waals surface area contributed by atoms with Crippen LogP contribution in [0.15, 0.2) is 42.6 Å². The number of carbonyl (C=O) groups excluding carboxylic acids is 1. The van der Waals surface area contributed by atoms with Gasteiger partial charge in [0.2, 0.25) is 0 Å². The van der Waals surface area contributed by atoms with Crippen LogP contribution >= 0.6 is 19.9 Å². The maximum absolute atomic E-state index is 14.4. The minimum Gasteiger partial charge on any atom is -0.506 e. The Kier molecular flexibility index (Phi) is 7.39. The van der Waals surface area contributed by atoms with Crippen LogP contribution in [-0.2, 0) is 22.1 Å². The number of nitrogens with zero attached hydrogens (tertiary/aromatic N) is 1. The van der Waals surface area contributed by atoms with E-state index in [2.05, 4.69) is 14.8 Å². The molecule has 0 aliphatic carbocycles. The number of aromatic hydroxyl groups is 1. The van der Waals surface area contributed by atoms with Crippen molar-refractivity contribution in [3.8, 4) is 5.75 Å². The molecular formula is C20H19ClFN2O5P. The minimum absolute atomic E-state index is 0.0470. The first kappa shape index (κ1) is 22.2. The first-order chi connectivity index (χ1) is 14.3. The lowest BCUT2D eigenvalue weighted by Crippen LogP contribution is -2.23. The highest BCUT2D eigenvalue weighted by atomic mass is 35.5. The van der Waals surface area contributed by atoms with E-state index in [9.17, 15) is 18.9 Å². The second-order valence-corrected chi connectivity index (χ2v) is 7.78. The Morgan fingerprint density at radius 2 is 1.97 bits per heavy atom. The Labute approximate surface area is 177 Å². The largest absolute Gasteiger partial charge is 0.506 e. The molecule has 0 saturated carbocycles. The number of rotatable bonds is 8. The third-order valence-electron chi connectivity index (χ3n) is 4.40. The summed E-state index contributed by atoms with van der Waals surface area (Å²) < 4.78 is 29.6. The molecule has 0 bridgehead atoms. The number of nitrogens with one attached hydrogen (secondary N) is 1. The fourth-order valence-corrected chi connectivity index (χ4v) is 3.37. The van der Waals surface area contributed by atoms with E-state index in [0.717, 1.165) is 11.8 Å². The Bertz CT molecular complexity index is 1090. The van der Waals surface area contributed by atoms with E-state index in [0.29, 0.717) is 23.4 Å². The van der Waals surface area contributed by atoms with E-state index >= 15 is 0 Å². The summed E-state index contributed by atoms with van der Waals surface area (Å²) in [5, 5.41) is 13.9. The zero-order chi connectivity index (χ0) is 21.7. The summed E-state index contributed by atoms with van der Waals surface area (Å²) in [6.45, 7) is 0.265. The van der Waals surface area contributed by atoms with Crippen molar-refractivity contribution < 1.29 is 28.3 Å². The van der Waals surface area contributed by atoms with Crippen LogP contribution in [0.3, 0.4) is 0 Å². The van der Waals surface area contributed by atoms with Gasteiger partial charge in [0.05, 0.1) is 6.61 Å². The third kappa shape index (κ3) is 5.55. The standard InChI is InChI=1S/C20H19ClFN2O5P/c21-14-5-3-12(4-6-14)10-24-20(26)16-11-23-18-15(19(16)25)8-13(9-17(18)22)2-1-7-29-30(27)28/h3-6,8-9,11,30H,1-2,7,10H2,(H,23,25)(H,24,26)(H,27,28). The van der Waals surface area contributed by atoms with Crippen LogP contribution in [0, 0.1) is 5.82 Å². The predicted molar refractivity (Wildman–Crippen MR) is 111 cm³/mol. The fourth-order valence-electron chi connectivity index (χ4n) is 2.93. The summed E-state index contributed by atoms with van der Waals surface area (Å²) in [6, 6.07) is 9.75. The normalized spacial score (nSPS) is 12.1. The van der Waals surface area contributed by atoms with Gasteiger partial charge in [-0.3, -0.25) is 14.3 Å². The van der Waals surface area contributed by atoms with Crippen LogP contribution in [0.25, 0.3) is 10.9 Å². The molecule has 0 saturated heterocycles. The van der Waals surface area contributed by atoms with Crippen molar-refractivity contribution in [3.05, 3.63) is 70.1 Å². The highest BCUT2D eigenvalue weighted by molar-refractivity contribution is 7.32. The highest BCUT2D eigenvalue weighted by Gasteiger charge is 2.17. The number of halogens is 2. The molecule has 10 heteroatoms. The number of amides is 1. The number of aromatic nitrogens is 1.